The molecule has 102 valence electrons. The van der Waals surface area contributed by atoms with E-state index in [0.717, 1.165) is 0 Å². The number of hydrogen-bond donors (Lipinski definition) is 2. The molecule has 0 bridgehead atoms. The average molecular weight is 266 g/mol. The molecule has 0 aliphatic heterocycles. The fourth-order valence-corrected chi connectivity index (χ4v) is 1.33. The Labute approximate surface area is 101 Å². The molecule has 0 fully saturated rings. The highest BCUT2D eigenvalue weighted by atomic mass is 19.4. The normalized spacial score (nSPS) is 11.8. The molecule has 0 aliphatic carbocycles. The largest absolute Gasteiger partial charge is 0.493 e. The highest BCUT2D eigenvalue weighted by molar-refractivity contribution is 5.22. The van der Waals surface area contributed by atoms with Gasteiger partial charge in [0.05, 0.1) is 12.2 Å². The summed E-state index contributed by atoms with van der Waals surface area (Å²) in [5, 5.41) is 9.41. The van der Waals surface area contributed by atoms with Crippen LogP contribution in [0.5, 0.6) is 5.88 Å². The molecule has 0 radical (unpaired) electrons. The van der Waals surface area contributed by atoms with Crippen LogP contribution in [0.2, 0.25) is 0 Å². The van der Waals surface area contributed by atoms with Gasteiger partial charge < -0.3 is 14.8 Å². The van der Waals surface area contributed by atoms with Crippen molar-refractivity contribution in [1.29, 1.82) is 0 Å². The molecule has 0 saturated carbocycles. The molecule has 0 spiro atoms. The molecule has 0 unspecified atom stereocenters. The molecule has 18 heavy (non-hydrogen) atoms. The fraction of sp³-hybridized carbons (Fsp3) is 0.600. The molecular formula is C10H13F3N2O3. The van der Waals surface area contributed by atoms with Crippen LogP contribution in [0.15, 0.2) is 4.79 Å². The number of H-pyrrole nitrogens is 1. The van der Waals surface area contributed by atoms with E-state index in [0.29, 0.717) is 6.42 Å². The second-order valence-electron chi connectivity index (χ2n) is 3.59. The van der Waals surface area contributed by atoms with Gasteiger partial charge in [-0.2, -0.15) is 18.2 Å². The Kier molecular flexibility index (Phi) is 4.71. The quantitative estimate of drug-likeness (QED) is 0.784. The molecule has 1 heterocycles. The number of ether oxygens (including phenoxy) is 1. The highest BCUT2D eigenvalue weighted by Gasteiger charge is 2.27. The number of aromatic hydroxyl groups is 1. The van der Waals surface area contributed by atoms with Gasteiger partial charge in [0.1, 0.15) is 12.4 Å². The zero-order valence-corrected chi connectivity index (χ0v) is 9.67. The van der Waals surface area contributed by atoms with Crippen molar-refractivity contribution in [2.24, 2.45) is 0 Å². The van der Waals surface area contributed by atoms with E-state index in [9.17, 15) is 23.1 Å². The second-order valence-corrected chi connectivity index (χ2v) is 3.59. The number of hydrogen-bond acceptors (Lipinski definition) is 4. The number of nitrogens with zero attached hydrogens (tertiary/aromatic N) is 1. The smallest absolute Gasteiger partial charge is 0.411 e. The van der Waals surface area contributed by atoms with Gasteiger partial charge >= 0.3 is 6.18 Å². The third-order valence-electron chi connectivity index (χ3n) is 2.15. The summed E-state index contributed by atoms with van der Waals surface area (Å²) in [4.78, 5) is 17.5. The number of alkyl halides is 3. The summed E-state index contributed by atoms with van der Waals surface area (Å²) in [6, 6.07) is 0. The van der Waals surface area contributed by atoms with E-state index < -0.39 is 24.2 Å². The van der Waals surface area contributed by atoms with E-state index in [1.54, 1.807) is 6.92 Å². The first-order valence-corrected chi connectivity index (χ1v) is 5.29. The van der Waals surface area contributed by atoms with Crippen molar-refractivity contribution in [3.8, 4) is 5.88 Å². The van der Waals surface area contributed by atoms with Gasteiger partial charge in [-0.1, -0.05) is 6.92 Å². The molecule has 0 aliphatic rings. The second kappa shape index (κ2) is 5.85. The molecule has 5 nitrogen and oxygen atoms in total. The molecule has 2 N–H and O–H groups in total. The standard InChI is InChI=1S/C10H13F3N2O3/c1-2-6-8(16)14-7(15-9(6)17)3-4-18-5-10(11,12)13/h2-5H2,1H3,(H2,14,15,16,17). The number of aromatic nitrogens is 2. The van der Waals surface area contributed by atoms with Crippen molar-refractivity contribution in [3.05, 3.63) is 21.7 Å². The number of aromatic amines is 1. The summed E-state index contributed by atoms with van der Waals surface area (Å²) in [5.41, 5.74) is -0.342. The van der Waals surface area contributed by atoms with E-state index in [1.807, 2.05) is 0 Å². The molecule has 1 aromatic heterocycles. The SMILES string of the molecule is CCc1c(O)nc(CCOCC(F)(F)F)[nH]c1=O. The summed E-state index contributed by atoms with van der Waals surface area (Å²) in [6.07, 6.45) is -4.07. The van der Waals surface area contributed by atoms with Crippen LogP contribution in [0.25, 0.3) is 0 Å². The van der Waals surface area contributed by atoms with Crippen molar-refractivity contribution in [3.63, 3.8) is 0 Å². The van der Waals surface area contributed by atoms with Crippen LogP contribution in [0, 0.1) is 0 Å². The van der Waals surface area contributed by atoms with E-state index in [4.69, 9.17) is 0 Å². The van der Waals surface area contributed by atoms with Crippen LogP contribution >= 0.6 is 0 Å². The highest BCUT2D eigenvalue weighted by Crippen LogP contribution is 2.14. The van der Waals surface area contributed by atoms with Gasteiger partial charge in [0.2, 0.25) is 5.88 Å². The predicted molar refractivity (Wildman–Crippen MR) is 56.5 cm³/mol. The first-order valence-electron chi connectivity index (χ1n) is 5.29. The lowest BCUT2D eigenvalue weighted by atomic mass is 10.2. The van der Waals surface area contributed by atoms with Gasteiger partial charge in [-0.15, -0.1) is 0 Å². The molecule has 0 aromatic carbocycles. The average Bonchev–Trinajstić information content (AvgIpc) is 2.23. The van der Waals surface area contributed by atoms with Crippen molar-refractivity contribution in [2.75, 3.05) is 13.2 Å². The van der Waals surface area contributed by atoms with E-state index in [2.05, 4.69) is 14.7 Å². The zero-order valence-electron chi connectivity index (χ0n) is 9.67. The summed E-state index contributed by atoms with van der Waals surface area (Å²) in [6.45, 7) is 0.0850. The van der Waals surface area contributed by atoms with Crippen LogP contribution in [-0.2, 0) is 17.6 Å². The lowest BCUT2D eigenvalue weighted by Gasteiger charge is -2.07. The van der Waals surface area contributed by atoms with Crippen LogP contribution in [0.1, 0.15) is 18.3 Å². The first-order chi connectivity index (χ1) is 8.33. The third kappa shape index (κ3) is 4.36. The Balaban J connectivity index is 2.56. The maximum absolute atomic E-state index is 11.8. The summed E-state index contributed by atoms with van der Waals surface area (Å²) in [7, 11) is 0. The topological polar surface area (TPSA) is 75.2 Å². The van der Waals surface area contributed by atoms with Gasteiger partial charge in [0.25, 0.3) is 5.56 Å². The minimum Gasteiger partial charge on any atom is -0.493 e. The number of halogens is 3. The van der Waals surface area contributed by atoms with Gasteiger partial charge in [0.15, 0.2) is 0 Å². The Bertz CT molecular complexity index is 457. The van der Waals surface area contributed by atoms with E-state index in [1.165, 1.54) is 0 Å². The predicted octanol–water partition coefficient (Wildman–Crippen LogP) is 1.16. The van der Waals surface area contributed by atoms with E-state index >= 15 is 0 Å². The molecule has 0 saturated heterocycles. The zero-order chi connectivity index (χ0) is 13.8. The van der Waals surface area contributed by atoms with Crippen molar-refractivity contribution < 1.29 is 23.0 Å². The molecular weight excluding hydrogens is 253 g/mol. The van der Waals surface area contributed by atoms with Crippen LogP contribution < -0.4 is 5.56 Å². The number of rotatable bonds is 5. The van der Waals surface area contributed by atoms with Gasteiger partial charge in [0, 0.05) is 6.42 Å². The molecule has 8 heteroatoms. The first kappa shape index (κ1) is 14.5. The molecule has 1 rings (SSSR count). The van der Waals surface area contributed by atoms with Gasteiger partial charge in [-0.25, -0.2) is 0 Å². The summed E-state index contributed by atoms with van der Waals surface area (Å²) in [5.74, 6) is -0.302. The van der Waals surface area contributed by atoms with E-state index in [-0.39, 0.29) is 24.4 Å². The monoisotopic (exact) mass is 266 g/mol. The summed E-state index contributed by atoms with van der Waals surface area (Å²) < 4.78 is 39.7. The molecule has 0 atom stereocenters. The number of nitrogens with one attached hydrogen (secondary N) is 1. The minimum absolute atomic E-state index is 0.0110. The van der Waals surface area contributed by atoms with Gasteiger partial charge in [-0.05, 0) is 6.42 Å². The van der Waals surface area contributed by atoms with Crippen LogP contribution in [0.4, 0.5) is 13.2 Å². The Morgan fingerprint density at radius 1 is 1.44 bits per heavy atom. The molecule has 1 aromatic rings. The summed E-state index contributed by atoms with van der Waals surface area (Å²) >= 11 is 0. The Hall–Kier alpha value is -1.57. The maximum Gasteiger partial charge on any atom is 0.411 e. The van der Waals surface area contributed by atoms with Crippen molar-refractivity contribution >= 4 is 0 Å². The lowest BCUT2D eigenvalue weighted by molar-refractivity contribution is -0.173. The third-order valence-corrected chi connectivity index (χ3v) is 2.15. The molecule has 0 amide bonds. The Morgan fingerprint density at radius 3 is 2.61 bits per heavy atom. The van der Waals surface area contributed by atoms with Crippen molar-refractivity contribution in [1.82, 2.24) is 9.97 Å². The fourth-order valence-electron chi connectivity index (χ4n) is 1.33. The van der Waals surface area contributed by atoms with Crippen molar-refractivity contribution in [2.45, 2.75) is 25.9 Å². The van der Waals surface area contributed by atoms with Crippen LogP contribution in [-0.4, -0.2) is 34.5 Å². The maximum atomic E-state index is 11.8. The Morgan fingerprint density at radius 2 is 2.11 bits per heavy atom. The minimum atomic E-state index is -4.38. The van der Waals surface area contributed by atoms with Gasteiger partial charge in [-0.3, -0.25) is 4.79 Å². The van der Waals surface area contributed by atoms with Crippen LogP contribution in [0.3, 0.4) is 0 Å². The lowest BCUT2D eigenvalue weighted by Crippen LogP contribution is -2.20.